The summed E-state index contributed by atoms with van der Waals surface area (Å²) in [5.41, 5.74) is -0.216. The van der Waals surface area contributed by atoms with Crippen molar-refractivity contribution >= 4 is 11.6 Å². The van der Waals surface area contributed by atoms with Crippen molar-refractivity contribution in [3.05, 3.63) is 35.7 Å². The van der Waals surface area contributed by atoms with Gasteiger partial charge in [0.15, 0.2) is 17.2 Å². The second-order valence-corrected chi connectivity index (χ2v) is 6.72. The lowest BCUT2D eigenvalue weighted by Crippen LogP contribution is -2.16. The van der Waals surface area contributed by atoms with Crippen LogP contribution in [0.4, 0.5) is 27.6 Å². The summed E-state index contributed by atoms with van der Waals surface area (Å²) >= 11 is 0. The van der Waals surface area contributed by atoms with Crippen LogP contribution < -0.4 is 14.8 Å². The van der Waals surface area contributed by atoms with Crippen LogP contribution in [0.15, 0.2) is 24.3 Å². The third-order valence-corrected chi connectivity index (χ3v) is 4.39. The number of benzene rings is 1. The van der Waals surface area contributed by atoms with E-state index in [2.05, 4.69) is 15.2 Å². The molecule has 0 spiro atoms. The number of alkyl halides is 5. The summed E-state index contributed by atoms with van der Waals surface area (Å²) < 4.78 is 74.6. The zero-order chi connectivity index (χ0) is 21.9. The maximum atomic E-state index is 12.9. The lowest BCUT2D eigenvalue weighted by molar-refractivity contribution is -0.141. The zero-order valence-corrected chi connectivity index (χ0v) is 16.0. The second kappa shape index (κ2) is 8.88. The molecule has 1 aliphatic carbocycles. The summed E-state index contributed by atoms with van der Waals surface area (Å²) in [6.07, 6.45) is -3.07. The van der Waals surface area contributed by atoms with Gasteiger partial charge in [0.2, 0.25) is 5.91 Å². The first-order chi connectivity index (χ1) is 14.2. The third kappa shape index (κ3) is 5.61. The summed E-state index contributed by atoms with van der Waals surface area (Å²) in [6.45, 7) is -1.19. The number of ether oxygens (including phenoxy) is 2. The van der Waals surface area contributed by atoms with Crippen molar-refractivity contribution in [3.63, 3.8) is 0 Å². The van der Waals surface area contributed by atoms with Gasteiger partial charge in [0.05, 0.1) is 6.61 Å². The monoisotopic (exact) mass is 433 g/mol. The molecule has 1 amide bonds. The number of aryl methyl sites for hydroxylation is 1. The molecule has 1 aliphatic rings. The van der Waals surface area contributed by atoms with E-state index in [9.17, 15) is 26.7 Å². The van der Waals surface area contributed by atoms with E-state index < -0.39 is 24.4 Å². The summed E-state index contributed by atoms with van der Waals surface area (Å²) in [5, 5.41) is 6.17. The van der Waals surface area contributed by atoms with Gasteiger partial charge in [0.1, 0.15) is 0 Å². The molecule has 0 aliphatic heterocycles. The Kier molecular flexibility index (Phi) is 6.47. The number of rotatable bonds is 9. The van der Waals surface area contributed by atoms with Crippen molar-refractivity contribution in [1.82, 2.24) is 9.78 Å². The van der Waals surface area contributed by atoms with Crippen molar-refractivity contribution in [2.75, 3.05) is 11.9 Å². The molecule has 0 bridgehead atoms. The van der Waals surface area contributed by atoms with E-state index in [1.165, 1.54) is 22.9 Å². The third-order valence-electron chi connectivity index (χ3n) is 4.39. The Morgan fingerprint density at radius 3 is 2.60 bits per heavy atom. The van der Waals surface area contributed by atoms with Gasteiger partial charge < -0.3 is 14.8 Å². The number of nitrogens with zero attached hydrogens (tertiary/aromatic N) is 2. The van der Waals surface area contributed by atoms with Gasteiger partial charge in [-0.15, -0.1) is 0 Å². The Morgan fingerprint density at radius 1 is 1.27 bits per heavy atom. The van der Waals surface area contributed by atoms with E-state index in [0.29, 0.717) is 5.69 Å². The van der Waals surface area contributed by atoms with Crippen LogP contribution in [0.3, 0.4) is 0 Å². The molecule has 1 heterocycles. The van der Waals surface area contributed by atoms with E-state index >= 15 is 0 Å². The quantitative estimate of drug-likeness (QED) is 0.577. The van der Waals surface area contributed by atoms with Crippen LogP contribution >= 0.6 is 0 Å². The van der Waals surface area contributed by atoms with E-state index in [1.807, 2.05) is 0 Å². The molecular weight excluding hydrogens is 413 g/mol. The Balaban J connectivity index is 1.65. The maximum absolute atomic E-state index is 12.9. The molecule has 1 N–H and O–H groups in total. The van der Waals surface area contributed by atoms with Crippen LogP contribution in [-0.4, -0.2) is 28.9 Å². The molecule has 1 aromatic carbocycles. The minimum absolute atomic E-state index is 0.0152. The van der Waals surface area contributed by atoms with Crippen molar-refractivity contribution < 1.29 is 36.2 Å². The van der Waals surface area contributed by atoms with Gasteiger partial charge >= 0.3 is 12.8 Å². The summed E-state index contributed by atoms with van der Waals surface area (Å²) in [5.74, 6) is -0.567. The first kappa shape index (κ1) is 21.8. The Labute approximate surface area is 169 Å². The lowest BCUT2D eigenvalue weighted by atomic mass is 10.2. The number of aromatic nitrogens is 2. The Morgan fingerprint density at radius 2 is 2.00 bits per heavy atom. The van der Waals surface area contributed by atoms with E-state index in [1.54, 1.807) is 6.92 Å². The molecule has 0 atom stereocenters. The van der Waals surface area contributed by atoms with Crippen molar-refractivity contribution in [2.24, 2.45) is 0 Å². The van der Waals surface area contributed by atoms with Gasteiger partial charge in [-0.3, -0.25) is 9.48 Å². The van der Waals surface area contributed by atoms with Crippen molar-refractivity contribution in [2.45, 2.75) is 51.4 Å². The average Bonchev–Trinajstić information content (AvgIpc) is 3.40. The van der Waals surface area contributed by atoms with Crippen LogP contribution in [-0.2, 0) is 17.5 Å². The molecular formula is C19H20F5N3O3. The van der Waals surface area contributed by atoms with Crippen molar-refractivity contribution in [1.29, 1.82) is 0 Å². The van der Waals surface area contributed by atoms with Crippen LogP contribution in [0, 0.1) is 0 Å². The van der Waals surface area contributed by atoms with Crippen LogP contribution in [0.2, 0.25) is 0 Å². The van der Waals surface area contributed by atoms with Gasteiger partial charge in [-0.25, -0.2) is 0 Å². The molecule has 164 valence electrons. The largest absolute Gasteiger partial charge is 0.490 e. The van der Waals surface area contributed by atoms with E-state index in [4.69, 9.17) is 4.74 Å². The predicted molar refractivity (Wildman–Crippen MR) is 96.7 cm³/mol. The molecule has 0 radical (unpaired) electrons. The first-order valence-corrected chi connectivity index (χ1v) is 9.33. The maximum Gasteiger partial charge on any atom is 0.435 e. The Bertz CT molecular complexity index is 894. The molecule has 1 aromatic heterocycles. The van der Waals surface area contributed by atoms with E-state index in [0.717, 1.165) is 18.9 Å². The molecule has 3 rings (SSSR count). The van der Waals surface area contributed by atoms with Gasteiger partial charge in [-0.05, 0) is 38.0 Å². The fraction of sp³-hybridized carbons (Fsp3) is 0.474. The molecule has 11 heteroatoms. The lowest BCUT2D eigenvalue weighted by Gasteiger charge is -2.13. The topological polar surface area (TPSA) is 65.4 Å². The summed E-state index contributed by atoms with van der Waals surface area (Å²) in [4.78, 5) is 12.3. The summed E-state index contributed by atoms with van der Waals surface area (Å²) in [7, 11) is 0. The average molecular weight is 433 g/mol. The number of hydrogen-bond donors (Lipinski definition) is 1. The normalized spacial score (nSPS) is 14.1. The fourth-order valence-electron chi connectivity index (χ4n) is 2.93. The number of nitrogens with one attached hydrogen (secondary N) is 1. The number of halogens is 5. The molecule has 6 nitrogen and oxygen atoms in total. The van der Waals surface area contributed by atoms with Gasteiger partial charge in [0.25, 0.3) is 0 Å². The SMILES string of the molecule is CCOc1cc(NC(=O)CCn2nc(C(F)(F)F)cc2C2CC2)ccc1OC(F)F. The van der Waals surface area contributed by atoms with Gasteiger partial charge in [-0.1, -0.05) is 0 Å². The molecule has 0 unspecified atom stereocenters. The highest BCUT2D eigenvalue weighted by atomic mass is 19.4. The van der Waals surface area contributed by atoms with Crippen LogP contribution in [0.1, 0.15) is 43.5 Å². The highest BCUT2D eigenvalue weighted by molar-refractivity contribution is 5.91. The predicted octanol–water partition coefficient (Wildman–Crippen LogP) is 4.81. The number of carbonyl (C=O) groups excluding carboxylic acids is 1. The van der Waals surface area contributed by atoms with E-state index in [-0.39, 0.29) is 42.7 Å². The van der Waals surface area contributed by atoms with Crippen molar-refractivity contribution in [3.8, 4) is 11.5 Å². The highest BCUT2D eigenvalue weighted by Gasteiger charge is 2.37. The zero-order valence-electron chi connectivity index (χ0n) is 16.0. The van der Waals surface area contributed by atoms with Crippen LogP contribution in [0.25, 0.3) is 0 Å². The second-order valence-electron chi connectivity index (χ2n) is 6.72. The highest BCUT2D eigenvalue weighted by Crippen LogP contribution is 2.42. The standard InChI is InChI=1S/C19H20F5N3O3/c1-2-29-15-9-12(5-6-14(15)30-18(20)21)25-17(28)7-8-27-13(11-3-4-11)10-16(26-27)19(22,23)24/h5-6,9-11,18H,2-4,7-8H2,1H3,(H,25,28). The fourth-order valence-corrected chi connectivity index (χ4v) is 2.93. The number of carbonyl (C=O) groups is 1. The number of amides is 1. The smallest absolute Gasteiger partial charge is 0.435 e. The van der Waals surface area contributed by atoms with Gasteiger partial charge in [-0.2, -0.15) is 27.1 Å². The molecule has 30 heavy (non-hydrogen) atoms. The first-order valence-electron chi connectivity index (χ1n) is 9.33. The summed E-state index contributed by atoms with van der Waals surface area (Å²) in [6, 6.07) is 4.97. The number of anilines is 1. The molecule has 2 aromatic rings. The van der Waals surface area contributed by atoms with Gasteiger partial charge in [0, 0.05) is 36.3 Å². The molecule has 1 fully saturated rings. The minimum Gasteiger partial charge on any atom is -0.490 e. The minimum atomic E-state index is -4.55. The number of hydrogen-bond acceptors (Lipinski definition) is 4. The molecule has 1 saturated carbocycles. The Hall–Kier alpha value is -2.85. The van der Waals surface area contributed by atoms with Crippen LogP contribution in [0.5, 0.6) is 11.5 Å². The molecule has 0 saturated heterocycles.